The van der Waals surface area contributed by atoms with Crippen LogP contribution in [0.3, 0.4) is 0 Å². The lowest BCUT2D eigenvalue weighted by atomic mass is 9.48. The van der Waals surface area contributed by atoms with Crippen LogP contribution in [0.15, 0.2) is 12.1 Å². The summed E-state index contributed by atoms with van der Waals surface area (Å²) >= 11 is 0. The van der Waals surface area contributed by atoms with Gasteiger partial charge in [-0.1, -0.05) is 12.5 Å². The van der Waals surface area contributed by atoms with Crippen molar-refractivity contribution in [2.45, 2.75) is 74.2 Å². The summed E-state index contributed by atoms with van der Waals surface area (Å²) < 4.78 is 29.0. The summed E-state index contributed by atoms with van der Waals surface area (Å²) in [5.41, 5.74) is 0.860. The van der Waals surface area contributed by atoms with Crippen LogP contribution >= 0.6 is 0 Å². The van der Waals surface area contributed by atoms with E-state index in [1.807, 2.05) is 6.07 Å². The van der Waals surface area contributed by atoms with E-state index in [0.29, 0.717) is 51.8 Å². The van der Waals surface area contributed by atoms with E-state index in [4.69, 9.17) is 23.7 Å². The van der Waals surface area contributed by atoms with E-state index in [1.165, 1.54) is 24.8 Å². The van der Waals surface area contributed by atoms with Crippen molar-refractivity contribution >= 4 is 0 Å². The third-order valence-corrected chi connectivity index (χ3v) is 9.60. The lowest BCUT2D eigenvalue weighted by Gasteiger charge is -2.64. The number of methoxy groups -OCH3 is 1. The van der Waals surface area contributed by atoms with Gasteiger partial charge in [-0.25, -0.2) is 0 Å². The number of phenolic OH excluding ortho intramolecular Hbond substituents is 1. The maximum Gasteiger partial charge on any atom is 0.165 e. The number of piperidine rings is 1. The third-order valence-electron chi connectivity index (χ3n) is 9.60. The molecule has 1 saturated heterocycles. The molecule has 2 N–H and O–H groups in total. The van der Waals surface area contributed by atoms with E-state index < -0.39 is 11.0 Å². The fourth-order valence-corrected chi connectivity index (χ4v) is 7.70. The Morgan fingerprint density at radius 3 is 2.56 bits per heavy atom. The minimum absolute atomic E-state index is 0.0864. The zero-order valence-electron chi connectivity index (χ0n) is 21.5. The largest absolute Gasteiger partial charge is 0.504 e. The molecule has 0 radical (unpaired) electrons. The third kappa shape index (κ3) is 3.87. The Morgan fingerprint density at radius 2 is 1.81 bits per heavy atom. The van der Waals surface area contributed by atoms with Gasteiger partial charge in [-0.15, -0.1) is 0 Å². The number of aromatic hydroxyl groups is 1. The van der Waals surface area contributed by atoms with E-state index in [9.17, 15) is 10.2 Å². The highest BCUT2D eigenvalue weighted by Gasteiger charge is 2.73. The Labute approximate surface area is 213 Å². The molecule has 36 heavy (non-hydrogen) atoms. The second-order valence-electron chi connectivity index (χ2n) is 11.3. The standard InChI is InChI=1S/C28H41NO7/c1-32-11-12-33-13-14-34-15-16-35-22-7-8-28(31)23-17-20-5-6-21(30)25-24(20)27(28,26(22)36-25)9-10-29(23)18-19-3-2-4-19/h5-6,19,22-23,26,30-31H,2-4,7-18H2,1H3/t22-,23+,26-,27-,28+/m0/s1. The minimum atomic E-state index is -0.873. The summed E-state index contributed by atoms with van der Waals surface area (Å²) in [7, 11) is 1.66. The molecule has 2 bridgehead atoms. The van der Waals surface area contributed by atoms with E-state index in [0.717, 1.165) is 43.8 Å². The van der Waals surface area contributed by atoms with Crippen molar-refractivity contribution in [2.75, 3.05) is 59.8 Å². The summed E-state index contributed by atoms with van der Waals surface area (Å²) in [4.78, 5) is 2.57. The molecule has 3 aliphatic carbocycles. The summed E-state index contributed by atoms with van der Waals surface area (Å²) in [5.74, 6) is 1.51. The molecule has 200 valence electrons. The number of rotatable bonds is 12. The molecule has 3 fully saturated rings. The van der Waals surface area contributed by atoms with Gasteiger partial charge >= 0.3 is 0 Å². The van der Waals surface area contributed by atoms with Gasteiger partial charge in [0.25, 0.3) is 0 Å². The van der Waals surface area contributed by atoms with Crippen molar-refractivity contribution in [3.63, 3.8) is 0 Å². The average Bonchev–Trinajstić information content (AvgIpc) is 3.20. The molecule has 1 spiro atoms. The Bertz CT molecular complexity index is 939. The highest BCUT2D eigenvalue weighted by Crippen LogP contribution is 2.65. The van der Waals surface area contributed by atoms with Gasteiger partial charge in [-0.3, -0.25) is 4.90 Å². The molecule has 2 saturated carbocycles. The number of hydrogen-bond acceptors (Lipinski definition) is 8. The van der Waals surface area contributed by atoms with Gasteiger partial charge in [0.15, 0.2) is 11.5 Å². The molecule has 2 aliphatic heterocycles. The Hall–Kier alpha value is -1.42. The topological polar surface area (TPSA) is 89.9 Å². The average molecular weight is 504 g/mol. The van der Waals surface area contributed by atoms with E-state index in [2.05, 4.69) is 4.90 Å². The number of benzene rings is 1. The molecular formula is C28H41NO7. The molecule has 6 rings (SSSR count). The number of hydrogen-bond donors (Lipinski definition) is 2. The van der Waals surface area contributed by atoms with Crippen LogP contribution in [0.5, 0.6) is 11.5 Å². The second-order valence-corrected chi connectivity index (χ2v) is 11.3. The number of likely N-dealkylation sites (tertiary alicyclic amines) is 1. The summed E-state index contributed by atoms with van der Waals surface area (Å²) in [5, 5.41) is 23.3. The minimum Gasteiger partial charge on any atom is -0.504 e. The van der Waals surface area contributed by atoms with Crippen LogP contribution in [0.4, 0.5) is 0 Å². The first-order valence-electron chi connectivity index (χ1n) is 13.8. The Morgan fingerprint density at radius 1 is 1.03 bits per heavy atom. The van der Waals surface area contributed by atoms with Gasteiger partial charge in [0, 0.05) is 25.3 Å². The fourth-order valence-electron chi connectivity index (χ4n) is 7.70. The van der Waals surface area contributed by atoms with Crippen LogP contribution in [-0.4, -0.2) is 98.8 Å². The number of ether oxygens (including phenoxy) is 5. The van der Waals surface area contributed by atoms with Crippen LogP contribution in [0.25, 0.3) is 0 Å². The molecular weight excluding hydrogens is 462 g/mol. The molecule has 2 heterocycles. The van der Waals surface area contributed by atoms with Crippen LogP contribution < -0.4 is 4.74 Å². The molecule has 5 aliphatic rings. The van der Waals surface area contributed by atoms with Crippen molar-refractivity contribution in [1.82, 2.24) is 4.90 Å². The molecule has 0 unspecified atom stereocenters. The highest BCUT2D eigenvalue weighted by molar-refractivity contribution is 5.62. The van der Waals surface area contributed by atoms with Crippen molar-refractivity contribution in [3.05, 3.63) is 23.3 Å². The van der Waals surface area contributed by atoms with E-state index in [1.54, 1.807) is 13.2 Å². The first-order valence-corrected chi connectivity index (χ1v) is 13.8. The van der Waals surface area contributed by atoms with Crippen molar-refractivity contribution < 1.29 is 33.9 Å². The van der Waals surface area contributed by atoms with Gasteiger partial charge < -0.3 is 33.9 Å². The van der Waals surface area contributed by atoms with E-state index >= 15 is 0 Å². The molecule has 0 aromatic heterocycles. The first-order chi connectivity index (χ1) is 17.6. The smallest absolute Gasteiger partial charge is 0.165 e. The molecule has 8 nitrogen and oxygen atoms in total. The molecule has 1 aromatic carbocycles. The summed E-state index contributed by atoms with van der Waals surface area (Å²) in [6.45, 7) is 5.18. The first kappa shape index (κ1) is 24.9. The fraction of sp³-hybridized carbons (Fsp3) is 0.786. The zero-order valence-corrected chi connectivity index (χ0v) is 21.5. The second kappa shape index (κ2) is 10.0. The summed E-state index contributed by atoms with van der Waals surface area (Å²) in [6, 6.07) is 3.90. The maximum atomic E-state index is 12.5. The molecule has 0 amide bonds. The lowest BCUT2D eigenvalue weighted by Crippen LogP contribution is -2.77. The number of phenols is 1. The van der Waals surface area contributed by atoms with Gasteiger partial charge in [0.05, 0.1) is 56.8 Å². The number of aliphatic hydroxyl groups is 1. The van der Waals surface area contributed by atoms with Gasteiger partial charge in [-0.2, -0.15) is 0 Å². The van der Waals surface area contributed by atoms with Crippen molar-refractivity contribution in [2.24, 2.45) is 5.92 Å². The molecule has 8 heteroatoms. The monoisotopic (exact) mass is 503 g/mol. The predicted octanol–water partition coefficient (Wildman–Crippen LogP) is 2.41. The Kier molecular flexibility index (Phi) is 6.94. The van der Waals surface area contributed by atoms with Crippen LogP contribution in [0.2, 0.25) is 0 Å². The van der Waals surface area contributed by atoms with Crippen molar-refractivity contribution in [1.29, 1.82) is 0 Å². The zero-order chi connectivity index (χ0) is 24.8. The Balaban J connectivity index is 1.17. The van der Waals surface area contributed by atoms with Gasteiger partial charge in [0.1, 0.15) is 6.10 Å². The van der Waals surface area contributed by atoms with Crippen LogP contribution in [0.1, 0.15) is 49.7 Å². The summed E-state index contributed by atoms with van der Waals surface area (Å²) in [6.07, 6.45) is 6.57. The van der Waals surface area contributed by atoms with Crippen LogP contribution in [0, 0.1) is 5.92 Å². The van der Waals surface area contributed by atoms with Crippen molar-refractivity contribution in [3.8, 4) is 11.5 Å². The number of nitrogens with zero attached hydrogens (tertiary/aromatic N) is 1. The molecule has 1 aromatic rings. The van der Waals surface area contributed by atoms with Gasteiger partial charge in [-0.05, 0) is 62.6 Å². The quantitative estimate of drug-likeness (QED) is 0.421. The normalized spacial score (nSPS) is 34.8. The predicted molar refractivity (Wildman–Crippen MR) is 133 cm³/mol. The van der Waals surface area contributed by atoms with Gasteiger partial charge in [0.2, 0.25) is 0 Å². The van der Waals surface area contributed by atoms with Crippen LogP contribution in [-0.2, 0) is 30.8 Å². The SMILES string of the molecule is COCCOCCOCCO[C@H]1CC[C@@]2(O)[C@H]3Cc4ccc(O)c5c4[C@@]2(CCN3CC2CCC2)[C@H]1O5. The molecule has 5 atom stereocenters. The highest BCUT2D eigenvalue weighted by atomic mass is 16.6. The van der Waals surface area contributed by atoms with E-state index in [-0.39, 0.29) is 24.0 Å². The maximum absolute atomic E-state index is 12.5. The lowest BCUT2D eigenvalue weighted by molar-refractivity contribution is -0.218.